The minimum Gasteiger partial charge on any atom is -0.375 e. The Morgan fingerprint density at radius 2 is 1.92 bits per heavy atom. The number of fused-ring (bicyclic) bond motifs is 1. The summed E-state index contributed by atoms with van der Waals surface area (Å²) in [5.41, 5.74) is 7.46. The van der Waals surface area contributed by atoms with Crippen molar-refractivity contribution in [2.75, 3.05) is 31.0 Å². The second-order valence-corrected chi connectivity index (χ2v) is 9.68. The van der Waals surface area contributed by atoms with Crippen LogP contribution in [0, 0.1) is 0 Å². The highest BCUT2D eigenvalue weighted by molar-refractivity contribution is 7.99. The molecule has 0 aliphatic heterocycles. The number of rotatable bonds is 9. The van der Waals surface area contributed by atoms with Crippen LogP contribution in [0.5, 0.6) is 0 Å². The van der Waals surface area contributed by atoms with Gasteiger partial charge >= 0.3 is 0 Å². The van der Waals surface area contributed by atoms with E-state index in [-0.39, 0.29) is 13.9 Å². The first kappa shape index (κ1) is 19.1. The first-order valence-corrected chi connectivity index (χ1v) is 11.4. The molecule has 2 N–H and O–H groups in total. The largest absolute Gasteiger partial charge is 0.375 e. The smallest absolute Gasteiger partial charge is 0.223 e. The molecule has 0 aliphatic carbocycles. The van der Waals surface area contributed by atoms with Crippen molar-refractivity contribution < 1.29 is 4.74 Å². The summed E-state index contributed by atoms with van der Waals surface area (Å²) in [6.45, 7) is 5.81. The Hall–Kier alpha value is -1.69. The van der Waals surface area contributed by atoms with Gasteiger partial charge in [-0.05, 0) is 24.5 Å². The highest BCUT2D eigenvalue weighted by Gasteiger charge is 2.13. The summed E-state index contributed by atoms with van der Waals surface area (Å²) in [7, 11) is 0.00533. The van der Waals surface area contributed by atoms with E-state index in [0.717, 1.165) is 27.4 Å². The van der Waals surface area contributed by atoms with E-state index in [1.165, 1.54) is 12.3 Å². The lowest BCUT2D eigenvalue weighted by molar-refractivity contribution is 0.170. The topological polar surface area (TPSA) is 78.8 Å². The van der Waals surface area contributed by atoms with Crippen LogP contribution in [0.25, 0.3) is 11.2 Å². The van der Waals surface area contributed by atoms with Gasteiger partial charge < -0.3 is 15.0 Å². The SMILES string of the molecule is CCP(CC)COCCn1cnc2c(Sc3ccccc3)nc(N)nc21. The minimum absolute atomic E-state index is 0.00533. The molecule has 0 saturated carbocycles. The molecular formula is C18H24N5OPS. The van der Waals surface area contributed by atoms with Gasteiger partial charge in [-0.1, -0.05) is 51.7 Å². The van der Waals surface area contributed by atoms with Crippen LogP contribution in [0.3, 0.4) is 0 Å². The quantitative estimate of drug-likeness (QED) is 0.338. The molecule has 138 valence electrons. The number of aromatic nitrogens is 4. The molecular weight excluding hydrogens is 365 g/mol. The van der Waals surface area contributed by atoms with Crippen LogP contribution in [-0.2, 0) is 11.3 Å². The van der Waals surface area contributed by atoms with Gasteiger partial charge in [-0.2, -0.15) is 4.98 Å². The van der Waals surface area contributed by atoms with Gasteiger partial charge in [0.25, 0.3) is 0 Å². The van der Waals surface area contributed by atoms with E-state index in [1.54, 1.807) is 18.1 Å². The molecule has 0 bridgehead atoms. The van der Waals surface area contributed by atoms with Gasteiger partial charge in [-0.15, -0.1) is 0 Å². The molecule has 0 spiro atoms. The van der Waals surface area contributed by atoms with Crippen LogP contribution in [-0.4, -0.2) is 44.8 Å². The standard InChI is InChI=1S/C18H24N5OPS/c1-3-25(4-2)13-24-11-10-23-12-20-15-16(23)21-18(19)22-17(15)26-14-8-6-5-7-9-14/h5-9,12H,3-4,10-11,13H2,1-2H3,(H2,19,21,22). The van der Waals surface area contributed by atoms with E-state index in [4.69, 9.17) is 10.5 Å². The Bertz CT molecular complexity index is 838. The lowest BCUT2D eigenvalue weighted by Crippen LogP contribution is -2.08. The fourth-order valence-corrected chi connectivity index (χ4v) is 4.63. The zero-order valence-corrected chi connectivity index (χ0v) is 16.8. The number of nitrogen functional groups attached to an aromatic ring is 1. The third-order valence-electron chi connectivity index (χ3n) is 4.05. The summed E-state index contributed by atoms with van der Waals surface area (Å²) in [5, 5.41) is 0.777. The molecule has 0 fully saturated rings. The Morgan fingerprint density at radius 3 is 2.65 bits per heavy atom. The Balaban J connectivity index is 1.72. The molecule has 2 heterocycles. The van der Waals surface area contributed by atoms with E-state index < -0.39 is 0 Å². The van der Waals surface area contributed by atoms with Crippen molar-refractivity contribution in [3.63, 3.8) is 0 Å². The summed E-state index contributed by atoms with van der Waals surface area (Å²) in [6.07, 6.45) is 5.08. The molecule has 1 aromatic carbocycles. The van der Waals surface area contributed by atoms with E-state index >= 15 is 0 Å². The summed E-state index contributed by atoms with van der Waals surface area (Å²) in [5.74, 6) is 0.263. The summed E-state index contributed by atoms with van der Waals surface area (Å²) < 4.78 is 7.84. The number of ether oxygens (including phenoxy) is 1. The fraction of sp³-hybridized carbons (Fsp3) is 0.389. The molecule has 0 aliphatic rings. The second kappa shape index (κ2) is 9.31. The van der Waals surface area contributed by atoms with Gasteiger partial charge in [0, 0.05) is 11.4 Å². The molecule has 3 rings (SSSR count). The van der Waals surface area contributed by atoms with E-state index in [0.29, 0.717) is 13.2 Å². The minimum atomic E-state index is 0.00533. The molecule has 2 aromatic heterocycles. The van der Waals surface area contributed by atoms with Crippen molar-refractivity contribution in [1.29, 1.82) is 0 Å². The summed E-state index contributed by atoms with van der Waals surface area (Å²) in [4.78, 5) is 14.4. The Morgan fingerprint density at radius 1 is 1.15 bits per heavy atom. The van der Waals surface area contributed by atoms with Gasteiger partial charge in [0.05, 0.1) is 19.3 Å². The third kappa shape index (κ3) is 4.72. The zero-order valence-electron chi connectivity index (χ0n) is 15.1. The van der Waals surface area contributed by atoms with Gasteiger partial charge in [0.15, 0.2) is 5.65 Å². The number of anilines is 1. The first-order chi connectivity index (χ1) is 12.7. The van der Waals surface area contributed by atoms with Gasteiger partial charge in [-0.3, -0.25) is 0 Å². The van der Waals surface area contributed by atoms with Crippen molar-refractivity contribution in [2.24, 2.45) is 0 Å². The fourth-order valence-electron chi connectivity index (χ4n) is 2.53. The van der Waals surface area contributed by atoms with Crippen molar-refractivity contribution >= 4 is 36.8 Å². The van der Waals surface area contributed by atoms with E-state index in [2.05, 4.69) is 28.8 Å². The van der Waals surface area contributed by atoms with E-state index in [1.807, 2.05) is 34.9 Å². The molecule has 3 aromatic rings. The van der Waals surface area contributed by atoms with Crippen LogP contribution in [0.2, 0.25) is 0 Å². The van der Waals surface area contributed by atoms with Crippen molar-refractivity contribution in [1.82, 2.24) is 19.5 Å². The Kier molecular flexibility index (Phi) is 6.83. The maximum atomic E-state index is 5.93. The van der Waals surface area contributed by atoms with Crippen LogP contribution in [0.4, 0.5) is 5.95 Å². The van der Waals surface area contributed by atoms with Crippen molar-refractivity contribution in [3.05, 3.63) is 36.7 Å². The molecule has 6 nitrogen and oxygen atoms in total. The normalized spacial score (nSPS) is 11.5. The number of nitrogens with zero attached hydrogens (tertiary/aromatic N) is 4. The number of hydrogen-bond donors (Lipinski definition) is 1. The van der Waals surface area contributed by atoms with Gasteiger partial charge in [0.1, 0.15) is 10.5 Å². The highest BCUT2D eigenvalue weighted by atomic mass is 32.2. The number of nitrogens with two attached hydrogens (primary N) is 1. The zero-order chi connectivity index (χ0) is 18.4. The maximum Gasteiger partial charge on any atom is 0.223 e. The van der Waals surface area contributed by atoms with Crippen molar-refractivity contribution in [3.8, 4) is 0 Å². The first-order valence-electron chi connectivity index (χ1n) is 8.72. The van der Waals surface area contributed by atoms with Crippen LogP contribution in [0.1, 0.15) is 13.8 Å². The molecule has 0 radical (unpaired) electrons. The number of imidazole rings is 1. The summed E-state index contributed by atoms with van der Waals surface area (Å²) in [6, 6.07) is 10.1. The number of hydrogen-bond acceptors (Lipinski definition) is 6. The lowest BCUT2D eigenvalue weighted by atomic mass is 10.4. The molecule has 0 amide bonds. The van der Waals surface area contributed by atoms with Gasteiger partial charge in [-0.25, -0.2) is 9.97 Å². The van der Waals surface area contributed by atoms with Crippen LogP contribution in [0.15, 0.2) is 46.6 Å². The monoisotopic (exact) mass is 389 g/mol. The predicted octanol–water partition coefficient (Wildman–Crippen LogP) is 4.06. The maximum absolute atomic E-state index is 5.93. The molecule has 26 heavy (non-hydrogen) atoms. The molecule has 8 heteroatoms. The predicted molar refractivity (Wildman–Crippen MR) is 109 cm³/mol. The molecule has 0 saturated heterocycles. The Labute approximate surface area is 159 Å². The van der Waals surface area contributed by atoms with Crippen LogP contribution < -0.4 is 5.73 Å². The van der Waals surface area contributed by atoms with Gasteiger partial charge in [0.2, 0.25) is 5.95 Å². The highest BCUT2D eigenvalue weighted by Crippen LogP contribution is 2.34. The average Bonchev–Trinajstić information content (AvgIpc) is 3.06. The molecule has 0 unspecified atom stereocenters. The second-order valence-electron chi connectivity index (χ2n) is 5.75. The number of benzene rings is 1. The third-order valence-corrected chi connectivity index (χ3v) is 7.37. The van der Waals surface area contributed by atoms with Crippen LogP contribution >= 0.6 is 19.7 Å². The van der Waals surface area contributed by atoms with Crippen molar-refractivity contribution in [2.45, 2.75) is 30.3 Å². The average molecular weight is 389 g/mol. The summed E-state index contributed by atoms with van der Waals surface area (Å²) >= 11 is 1.55. The molecule has 0 atom stereocenters. The van der Waals surface area contributed by atoms with E-state index in [9.17, 15) is 0 Å². The lowest BCUT2D eigenvalue weighted by Gasteiger charge is -2.13.